The predicted octanol–water partition coefficient (Wildman–Crippen LogP) is 3.53. The quantitative estimate of drug-likeness (QED) is 0.598. The van der Waals surface area contributed by atoms with Crippen molar-refractivity contribution in [1.82, 2.24) is 15.6 Å². The maximum Gasteiger partial charge on any atom is 0.251 e. The van der Waals surface area contributed by atoms with Crippen molar-refractivity contribution >= 4 is 23.2 Å². The summed E-state index contributed by atoms with van der Waals surface area (Å²) < 4.78 is 5.12. The number of aryl methyl sites for hydroxylation is 3. The second-order valence-corrected chi connectivity index (χ2v) is 9.17. The molecule has 1 aromatic heterocycles. The summed E-state index contributed by atoms with van der Waals surface area (Å²) in [5, 5.41) is 7.00. The first-order valence-corrected chi connectivity index (χ1v) is 11.5. The largest absolute Gasteiger partial charge is 0.497 e. The minimum Gasteiger partial charge on any atom is -0.497 e. The van der Waals surface area contributed by atoms with E-state index in [2.05, 4.69) is 10.6 Å². The first-order chi connectivity index (χ1) is 14.5. The molecule has 162 valence electrons. The lowest BCUT2D eigenvalue weighted by Gasteiger charge is -2.21. The third-order valence-electron chi connectivity index (χ3n) is 5.34. The Bertz CT molecular complexity index is 838. The van der Waals surface area contributed by atoms with Crippen molar-refractivity contribution in [3.05, 3.63) is 45.4 Å². The molecule has 0 bridgehead atoms. The average Bonchev–Trinajstić information content (AvgIpc) is 3.17. The maximum absolute atomic E-state index is 12.7. The smallest absolute Gasteiger partial charge is 0.251 e. The van der Waals surface area contributed by atoms with Crippen LogP contribution in [0.1, 0.15) is 59.0 Å². The molecule has 0 saturated carbocycles. The van der Waals surface area contributed by atoms with Crippen molar-refractivity contribution in [2.45, 2.75) is 58.4 Å². The molecule has 2 N–H and O–H groups in total. The van der Waals surface area contributed by atoms with Crippen LogP contribution in [0.5, 0.6) is 5.75 Å². The normalized spacial score (nSPS) is 14.1. The summed E-state index contributed by atoms with van der Waals surface area (Å²) in [5.74, 6) is 0.258. The lowest BCUT2D eigenvalue weighted by molar-refractivity contribution is -0.123. The summed E-state index contributed by atoms with van der Waals surface area (Å²) >= 11 is 1.82. The Morgan fingerprint density at radius 3 is 2.57 bits per heavy atom. The Hall–Kier alpha value is -2.41. The summed E-state index contributed by atoms with van der Waals surface area (Å²) in [5.41, 5.74) is 1.79. The molecule has 1 aliphatic rings. The second kappa shape index (κ2) is 10.6. The van der Waals surface area contributed by atoms with Crippen molar-refractivity contribution in [3.63, 3.8) is 0 Å². The zero-order chi connectivity index (χ0) is 21.5. The summed E-state index contributed by atoms with van der Waals surface area (Å²) in [6.07, 6.45) is 6.49. The van der Waals surface area contributed by atoms with E-state index in [0.29, 0.717) is 17.9 Å². The molecule has 0 aliphatic heterocycles. The van der Waals surface area contributed by atoms with Crippen LogP contribution in [0.15, 0.2) is 24.3 Å². The Morgan fingerprint density at radius 1 is 1.17 bits per heavy atom. The van der Waals surface area contributed by atoms with Crippen molar-refractivity contribution in [2.24, 2.45) is 5.92 Å². The molecule has 0 saturated heterocycles. The Labute approximate surface area is 182 Å². The highest BCUT2D eigenvalue weighted by atomic mass is 32.1. The molecule has 1 aliphatic carbocycles. The van der Waals surface area contributed by atoms with Gasteiger partial charge >= 0.3 is 0 Å². The molecule has 30 heavy (non-hydrogen) atoms. The SMILES string of the molecule is COc1ccc(C(=O)NC(C(=O)NCCCc2nc3c(s2)CCCC3)C(C)C)cc1. The van der Waals surface area contributed by atoms with E-state index in [4.69, 9.17) is 9.72 Å². The van der Waals surface area contributed by atoms with E-state index in [1.54, 1.807) is 31.4 Å². The number of aromatic nitrogens is 1. The number of amides is 2. The van der Waals surface area contributed by atoms with Crippen LogP contribution in [0.2, 0.25) is 0 Å². The van der Waals surface area contributed by atoms with Gasteiger partial charge in [-0.25, -0.2) is 4.98 Å². The number of carbonyl (C=O) groups is 2. The van der Waals surface area contributed by atoms with Crippen molar-refractivity contribution in [1.29, 1.82) is 0 Å². The first-order valence-electron chi connectivity index (χ1n) is 10.7. The molecule has 0 radical (unpaired) electrons. The highest BCUT2D eigenvalue weighted by Gasteiger charge is 2.24. The van der Waals surface area contributed by atoms with E-state index in [0.717, 1.165) is 25.7 Å². The topological polar surface area (TPSA) is 80.3 Å². The van der Waals surface area contributed by atoms with Gasteiger partial charge in [-0.15, -0.1) is 11.3 Å². The van der Waals surface area contributed by atoms with Gasteiger partial charge in [-0.05, 0) is 62.3 Å². The van der Waals surface area contributed by atoms with Crippen LogP contribution in [-0.4, -0.2) is 36.5 Å². The van der Waals surface area contributed by atoms with Gasteiger partial charge < -0.3 is 15.4 Å². The molecule has 1 atom stereocenters. The second-order valence-electron chi connectivity index (χ2n) is 8.00. The lowest BCUT2D eigenvalue weighted by atomic mass is 10.0. The number of nitrogens with one attached hydrogen (secondary N) is 2. The zero-order valence-corrected chi connectivity index (χ0v) is 18.8. The fraction of sp³-hybridized carbons (Fsp3) is 0.522. The Morgan fingerprint density at radius 2 is 1.90 bits per heavy atom. The number of fused-ring (bicyclic) bond motifs is 1. The molecular weight excluding hydrogens is 398 g/mol. The molecule has 7 heteroatoms. The van der Waals surface area contributed by atoms with Crippen LogP contribution < -0.4 is 15.4 Å². The lowest BCUT2D eigenvalue weighted by Crippen LogP contribution is -2.49. The summed E-state index contributed by atoms with van der Waals surface area (Å²) in [6, 6.07) is 6.27. The third kappa shape index (κ3) is 5.81. The number of methoxy groups -OCH3 is 1. The Kier molecular flexibility index (Phi) is 7.85. The average molecular weight is 430 g/mol. The molecule has 6 nitrogen and oxygen atoms in total. The highest BCUT2D eigenvalue weighted by Crippen LogP contribution is 2.27. The minimum atomic E-state index is -0.577. The predicted molar refractivity (Wildman–Crippen MR) is 119 cm³/mol. The molecule has 1 unspecified atom stereocenters. The van der Waals surface area contributed by atoms with Crippen LogP contribution in [-0.2, 0) is 24.1 Å². The monoisotopic (exact) mass is 429 g/mol. The van der Waals surface area contributed by atoms with Gasteiger partial charge in [0.05, 0.1) is 17.8 Å². The Balaban J connectivity index is 1.47. The molecule has 0 fully saturated rings. The number of hydrogen-bond acceptors (Lipinski definition) is 5. The van der Waals surface area contributed by atoms with E-state index in [1.807, 2.05) is 25.2 Å². The zero-order valence-electron chi connectivity index (χ0n) is 18.0. The number of rotatable bonds is 9. The van der Waals surface area contributed by atoms with Gasteiger partial charge in [-0.1, -0.05) is 13.8 Å². The van der Waals surface area contributed by atoms with E-state index < -0.39 is 6.04 Å². The fourth-order valence-electron chi connectivity index (χ4n) is 3.58. The van der Waals surface area contributed by atoms with Gasteiger partial charge in [0.1, 0.15) is 11.8 Å². The van der Waals surface area contributed by atoms with Crippen LogP contribution in [0, 0.1) is 5.92 Å². The third-order valence-corrected chi connectivity index (χ3v) is 6.56. The van der Waals surface area contributed by atoms with Gasteiger partial charge in [0.2, 0.25) is 5.91 Å². The molecule has 2 aromatic rings. The number of nitrogens with zero attached hydrogens (tertiary/aromatic N) is 1. The van der Waals surface area contributed by atoms with Crippen LogP contribution in [0.25, 0.3) is 0 Å². The standard InChI is InChI=1S/C23H31N3O3S/c1-15(2)21(26-22(27)16-10-12-17(29-3)13-11-16)23(28)24-14-6-9-20-25-18-7-4-5-8-19(18)30-20/h10-13,15,21H,4-9,14H2,1-3H3,(H,24,28)(H,26,27). The van der Waals surface area contributed by atoms with E-state index in [9.17, 15) is 9.59 Å². The first kappa shape index (κ1) is 22.3. The summed E-state index contributed by atoms with van der Waals surface area (Å²) in [6.45, 7) is 4.43. The number of carbonyl (C=O) groups excluding carboxylic acids is 2. The molecular formula is C23H31N3O3S. The molecule has 3 rings (SSSR count). The minimum absolute atomic E-state index is 0.0158. The van der Waals surface area contributed by atoms with Gasteiger partial charge in [-0.3, -0.25) is 9.59 Å². The fourth-order valence-corrected chi connectivity index (χ4v) is 4.77. The van der Waals surface area contributed by atoms with Gasteiger partial charge in [0.15, 0.2) is 0 Å². The van der Waals surface area contributed by atoms with Crippen molar-refractivity contribution in [3.8, 4) is 5.75 Å². The van der Waals surface area contributed by atoms with E-state index in [1.165, 1.54) is 28.4 Å². The molecule has 1 heterocycles. The number of thiazole rings is 1. The van der Waals surface area contributed by atoms with Crippen LogP contribution >= 0.6 is 11.3 Å². The summed E-state index contributed by atoms with van der Waals surface area (Å²) in [4.78, 5) is 31.4. The molecule has 0 spiro atoms. The van der Waals surface area contributed by atoms with Gasteiger partial charge in [0.25, 0.3) is 5.91 Å². The van der Waals surface area contributed by atoms with Gasteiger partial charge in [-0.2, -0.15) is 0 Å². The van der Waals surface area contributed by atoms with Crippen molar-refractivity contribution < 1.29 is 14.3 Å². The molecule has 2 amide bonds. The number of benzene rings is 1. The van der Waals surface area contributed by atoms with Crippen LogP contribution in [0.3, 0.4) is 0 Å². The summed E-state index contributed by atoms with van der Waals surface area (Å²) in [7, 11) is 1.58. The van der Waals surface area contributed by atoms with Crippen molar-refractivity contribution in [2.75, 3.05) is 13.7 Å². The number of hydrogen-bond donors (Lipinski definition) is 2. The van der Waals surface area contributed by atoms with Crippen LogP contribution in [0.4, 0.5) is 0 Å². The maximum atomic E-state index is 12.7. The number of ether oxygens (including phenoxy) is 1. The van der Waals surface area contributed by atoms with E-state index >= 15 is 0 Å². The van der Waals surface area contributed by atoms with E-state index in [-0.39, 0.29) is 17.7 Å². The van der Waals surface area contributed by atoms with Gasteiger partial charge in [0, 0.05) is 23.4 Å². The molecule has 1 aromatic carbocycles. The highest BCUT2D eigenvalue weighted by molar-refractivity contribution is 7.11.